The number of nitrogens with one attached hydrogen (secondary N) is 1. The molecule has 0 aliphatic heterocycles. The van der Waals surface area contributed by atoms with Crippen LogP contribution >= 0.6 is 11.3 Å². The van der Waals surface area contributed by atoms with E-state index in [-0.39, 0.29) is 0 Å². The van der Waals surface area contributed by atoms with Crippen LogP contribution in [0.5, 0.6) is 11.5 Å². The molecule has 0 amide bonds. The molecule has 0 spiro atoms. The summed E-state index contributed by atoms with van der Waals surface area (Å²) >= 11 is 1.49. The topological polar surface area (TPSA) is 55.7 Å². The van der Waals surface area contributed by atoms with E-state index in [0.717, 1.165) is 28.3 Å². The molecule has 0 aliphatic carbocycles. The number of rotatable bonds is 8. The van der Waals surface area contributed by atoms with Gasteiger partial charge in [0, 0.05) is 16.5 Å². The molecule has 0 fully saturated rings. The number of thiazole rings is 1. The van der Waals surface area contributed by atoms with Crippen molar-refractivity contribution in [3.8, 4) is 22.8 Å². The summed E-state index contributed by atoms with van der Waals surface area (Å²) in [5, 5.41) is 7.01. The number of ether oxygens (including phenoxy) is 2. The smallest absolute Gasteiger partial charge is 0.203 e. The highest BCUT2D eigenvalue weighted by Gasteiger charge is 2.09. The molecule has 3 rings (SSSR count). The van der Waals surface area contributed by atoms with E-state index in [4.69, 9.17) is 9.47 Å². The van der Waals surface area contributed by atoms with Crippen molar-refractivity contribution in [1.29, 1.82) is 0 Å². The fourth-order valence-electron chi connectivity index (χ4n) is 2.44. The summed E-state index contributed by atoms with van der Waals surface area (Å²) in [5.74, 6) is 2.09. The molecule has 1 heterocycles. The highest BCUT2D eigenvalue weighted by atomic mass is 32.1. The average Bonchev–Trinajstić information content (AvgIpc) is 3.16. The molecule has 2 aromatic carbocycles. The number of methoxy groups -OCH3 is 1. The Balaban J connectivity index is 1.69. The van der Waals surface area contributed by atoms with Crippen molar-refractivity contribution in [2.45, 2.75) is 13.8 Å². The van der Waals surface area contributed by atoms with Crippen molar-refractivity contribution in [2.75, 3.05) is 19.1 Å². The number of anilines is 1. The molecule has 1 aromatic heterocycles. The third-order valence-electron chi connectivity index (χ3n) is 3.74. The van der Waals surface area contributed by atoms with Gasteiger partial charge in [0.15, 0.2) is 0 Å². The minimum atomic E-state index is 0.469. The second-order valence-electron chi connectivity index (χ2n) is 6.35. The summed E-state index contributed by atoms with van der Waals surface area (Å²) in [6, 6.07) is 15.7. The molecule has 6 heteroatoms. The molecule has 27 heavy (non-hydrogen) atoms. The van der Waals surface area contributed by atoms with E-state index in [1.807, 2.05) is 53.9 Å². The largest absolute Gasteiger partial charge is 0.496 e. The maximum absolute atomic E-state index is 5.84. The quantitative estimate of drug-likeness (QED) is 0.425. The third-order valence-corrected chi connectivity index (χ3v) is 4.49. The van der Waals surface area contributed by atoms with Crippen LogP contribution in [0.2, 0.25) is 0 Å². The molecule has 0 aliphatic rings. The Morgan fingerprint density at radius 2 is 1.85 bits per heavy atom. The first-order valence-electron chi connectivity index (χ1n) is 8.77. The highest BCUT2D eigenvalue weighted by Crippen LogP contribution is 2.31. The van der Waals surface area contributed by atoms with Crippen LogP contribution in [0, 0.1) is 5.92 Å². The van der Waals surface area contributed by atoms with Crippen molar-refractivity contribution in [1.82, 2.24) is 4.98 Å². The van der Waals surface area contributed by atoms with E-state index < -0.39 is 0 Å². The number of hydrogen-bond acceptors (Lipinski definition) is 6. The lowest BCUT2D eigenvalue weighted by molar-refractivity contribution is 0.271. The second kappa shape index (κ2) is 9.19. The number of benzene rings is 2. The van der Waals surface area contributed by atoms with Crippen LogP contribution in [0.25, 0.3) is 11.3 Å². The molecule has 0 saturated carbocycles. The molecule has 3 aromatic rings. The lowest BCUT2D eigenvalue weighted by Crippen LogP contribution is -2.06. The lowest BCUT2D eigenvalue weighted by Gasteiger charge is -2.10. The Kier molecular flexibility index (Phi) is 6.44. The van der Waals surface area contributed by atoms with Crippen molar-refractivity contribution in [3.05, 3.63) is 59.5 Å². The van der Waals surface area contributed by atoms with Crippen LogP contribution in [0.1, 0.15) is 19.4 Å². The molecular weight excluding hydrogens is 358 g/mol. The van der Waals surface area contributed by atoms with Crippen molar-refractivity contribution in [3.63, 3.8) is 0 Å². The Bertz CT molecular complexity index is 906. The Labute approximate surface area is 163 Å². The average molecular weight is 382 g/mol. The molecule has 140 valence electrons. The lowest BCUT2D eigenvalue weighted by atomic mass is 10.1. The zero-order chi connectivity index (χ0) is 19.1. The van der Waals surface area contributed by atoms with Gasteiger partial charge in [-0.05, 0) is 30.2 Å². The fourth-order valence-corrected chi connectivity index (χ4v) is 3.10. The maximum atomic E-state index is 5.84. The monoisotopic (exact) mass is 381 g/mol. The van der Waals surface area contributed by atoms with Gasteiger partial charge in [0.25, 0.3) is 0 Å². The first kappa shape index (κ1) is 18.9. The normalized spacial score (nSPS) is 11.1. The number of aromatic nitrogens is 1. The molecule has 1 N–H and O–H groups in total. The van der Waals surface area contributed by atoms with E-state index in [9.17, 15) is 0 Å². The Morgan fingerprint density at radius 1 is 1.11 bits per heavy atom. The van der Waals surface area contributed by atoms with Crippen LogP contribution in [0.4, 0.5) is 5.13 Å². The minimum absolute atomic E-state index is 0.469. The van der Waals surface area contributed by atoms with Crippen LogP contribution in [-0.4, -0.2) is 24.9 Å². The van der Waals surface area contributed by atoms with E-state index >= 15 is 0 Å². The Morgan fingerprint density at radius 3 is 2.63 bits per heavy atom. The number of nitrogens with zero attached hydrogens (tertiary/aromatic N) is 2. The number of para-hydroxylation sites is 2. The predicted molar refractivity (Wildman–Crippen MR) is 112 cm³/mol. The van der Waals surface area contributed by atoms with Gasteiger partial charge in [-0.25, -0.2) is 4.98 Å². The van der Waals surface area contributed by atoms with Gasteiger partial charge < -0.3 is 9.47 Å². The van der Waals surface area contributed by atoms with Gasteiger partial charge in [-0.1, -0.05) is 38.1 Å². The first-order chi connectivity index (χ1) is 13.2. The highest BCUT2D eigenvalue weighted by molar-refractivity contribution is 7.14. The van der Waals surface area contributed by atoms with Gasteiger partial charge >= 0.3 is 0 Å². The molecule has 0 radical (unpaired) electrons. The zero-order valence-electron chi connectivity index (χ0n) is 15.7. The summed E-state index contributed by atoms with van der Waals surface area (Å²) in [5.41, 5.74) is 5.73. The van der Waals surface area contributed by atoms with Gasteiger partial charge in [0.2, 0.25) is 5.13 Å². The van der Waals surface area contributed by atoms with E-state index in [0.29, 0.717) is 17.7 Å². The van der Waals surface area contributed by atoms with E-state index in [1.165, 1.54) is 11.3 Å². The molecule has 0 bridgehead atoms. The van der Waals surface area contributed by atoms with Gasteiger partial charge in [0.1, 0.15) is 11.5 Å². The maximum Gasteiger partial charge on any atom is 0.203 e. The first-order valence-corrected chi connectivity index (χ1v) is 9.65. The van der Waals surface area contributed by atoms with Gasteiger partial charge in [-0.15, -0.1) is 11.3 Å². The van der Waals surface area contributed by atoms with Crippen molar-refractivity contribution in [2.24, 2.45) is 11.0 Å². The molecule has 0 saturated heterocycles. The summed E-state index contributed by atoms with van der Waals surface area (Å²) in [6.45, 7) is 4.92. The van der Waals surface area contributed by atoms with Gasteiger partial charge in [-0.3, -0.25) is 5.43 Å². The third kappa shape index (κ3) is 5.08. The summed E-state index contributed by atoms with van der Waals surface area (Å²) in [4.78, 5) is 4.58. The van der Waals surface area contributed by atoms with Crippen LogP contribution in [-0.2, 0) is 0 Å². The van der Waals surface area contributed by atoms with Crippen molar-refractivity contribution < 1.29 is 9.47 Å². The predicted octanol–water partition coefficient (Wildman–Crippen LogP) is 5.30. The van der Waals surface area contributed by atoms with Crippen LogP contribution in [0.3, 0.4) is 0 Å². The minimum Gasteiger partial charge on any atom is -0.496 e. The Hall–Kier alpha value is -2.86. The van der Waals surface area contributed by atoms with E-state index in [2.05, 4.69) is 29.4 Å². The fraction of sp³-hybridized carbons (Fsp3) is 0.238. The van der Waals surface area contributed by atoms with Crippen molar-refractivity contribution >= 4 is 22.7 Å². The van der Waals surface area contributed by atoms with E-state index in [1.54, 1.807) is 13.3 Å². The standard InChI is InChI=1S/C21H23N3O2S/c1-15(2)13-26-19-10-6-4-8-16(19)12-22-24-21-23-18(14-27-21)17-9-5-7-11-20(17)25-3/h4-12,14-15H,13H2,1-3H3,(H,23,24)/b22-12-. The van der Waals surface area contributed by atoms with Gasteiger partial charge in [-0.2, -0.15) is 5.10 Å². The molecule has 5 nitrogen and oxygen atoms in total. The number of hydrogen-bond donors (Lipinski definition) is 1. The summed E-state index contributed by atoms with van der Waals surface area (Å²) in [6.07, 6.45) is 1.75. The summed E-state index contributed by atoms with van der Waals surface area (Å²) in [7, 11) is 1.66. The van der Waals surface area contributed by atoms with Gasteiger partial charge in [0.05, 0.1) is 25.6 Å². The molecule has 0 atom stereocenters. The second-order valence-corrected chi connectivity index (χ2v) is 7.21. The molecular formula is C21H23N3O2S. The number of hydrazone groups is 1. The van der Waals surface area contributed by atoms with Crippen LogP contribution in [0.15, 0.2) is 59.0 Å². The van der Waals surface area contributed by atoms with Crippen LogP contribution < -0.4 is 14.9 Å². The summed E-state index contributed by atoms with van der Waals surface area (Å²) < 4.78 is 11.2. The molecule has 0 unspecified atom stereocenters. The zero-order valence-corrected chi connectivity index (χ0v) is 16.5. The SMILES string of the molecule is COc1ccccc1-c1csc(N/N=C\c2ccccc2OCC(C)C)n1.